The number of benzene rings is 1. The predicted octanol–water partition coefficient (Wildman–Crippen LogP) is 1.64. The maximum atomic E-state index is 12.1. The molecule has 1 aliphatic heterocycles. The topological polar surface area (TPSA) is 64.6 Å². The van der Waals surface area contributed by atoms with Crippen LogP contribution in [0.15, 0.2) is 29.2 Å². The van der Waals surface area contributed by atoms with Crippen LogP contribution in [0.5, 0.6) is 0 Å². The van der Waals surface area contributed by atoms with E-state index in [2.05, 4.69) is 25.5 Å². The number of nitrogens with one attached hydrogen (secondary N) is 1. The summed E-state index contributed by atoms with van der Waals surface area (Å²) in [6, 6.07) is 6.97. The first kappa shape index (κ1) is 15.4. The second-order valence-electron chi connectivity index (χ2n) is 5.90. The summed E-state index contributed by atoms with van der Waals surface area (Å²) in [6.07, 6.45) is -0.210. The first-order valence-corrected chi connectivity index (χ1v) is 8.07. The summed E-state index contributed by atoms with van der Waals surface area (Å²) in [5.74, 6) is 0. The molecule has 20 heavy (non-hydrogen) atoms. The van der Waals surface area contributed by atoms with Gasteiger partial charge in [-0.1, -0.05) is 32.9 Å². The Kier molecular flexibility index (Phi) is 4.49. The van der Waals surface area contributed by atoms with Crippen LogP contribution in [0.1, 0.15) is 26.3 Å². The third kappa shape index (κ3) is 3.79. The van der Waals surface area contributed by atoms with Gasteiger partial charge in [-0.3, -0.25) is 0 Å². The van der Waals surface area contributed by atoms with Crippen molar-refractivity contribution in [3.63, 3.8) is 0 Å². The normalized spacial score (nSPS) is 20.2. The Hall–Kier alpha value is -0.950. The fourth-order valence-electron chi connectivity index (χ4n) is 1.91. The average Bonchev–Trinajstić information content (AvgIpc) is 2.89. The molecule has 1 aromatic rings. The van der Waals surface area contributed by atoms with Crippen molar-refractivity contribution in [2.45, 2.75) is 37.2 Å². The van der Waals surface area contributed by atoms with Crippen LogP contribution in [0.25, 0.3) is 0 Å². The third-order valence-corrected chi connectivity index (χ3v) is 4.66. The van der Waals surface area contributed by atoms with Gasteiger partial charge in [-0.15, -0.1) is 0 Å². The summed E-state index contributed by atoms with van der Waals surface area (Å²) >= 11 is 0. The largest absolute Gasteiger partial charge is 0.353 e. The van der Waals surface area contributed by atoms with E-state index in [1.54, 1.807) is 12.1 Å². The molecular weight excluding hydrogens is 278 g/mol. The van der Waals surface area contributed by atoms with Gasteiger partial charge < -0.3 is 9.47 Å². The second-order valence-corrected chi connectivity index (χ2v) is 7.67. The lowest BCUT2D eigenvalue weighted by atomic mass is 9.87. The van der Waals surface area contributed by atoms with E-state index in [4.69, 9.17) is 9.47 Å². The van der Waals surface area contributed by atoms with Gasteiger partial charge in [0.25, 0.3) is 0 Å². The fourth-order valence-corrected chi connectivity index (χ4v) is 2.98. The van der Waals surface area contributed by atoms with E-state index in [-0.39, 0.29) is 29.8 Å². The molecule has 1 aromatic carbocycles. The molecule has 2 rings (SSSR count). The molecule has 1 unspecified atom stereocenters. The molecule has 6 heteroatoms. The maximum absolute atomic E-state index is 12.1. The molecule has 0 bridgehead atoms. The van der Waals surface area contributed by atoms with Gasteiger partial charge >= 0.3 is 0 Å². The molecule has 1 N–H and O–H groups in total. The fraction of sp³-hybridized carbons (Fsp3) is 0.571. The third-order valence-electron chi connectivity index (χ3n) is 3.22. The first-order valence-electron chi connectivity index (χ1n) is 6.58. The predicted molar refractivity (Wildman–Crippen MR) is 76.0 cm³/mol. The standard InChI is InChI=1S/C14H21NO4S/c1-14(2,3)11-4-6-13(7-5-11)20(16,17)15-8-12-9-18-10-19-12/h4-7,12,15H,8-10H2,1-3H3. The maximum Gasteiger partial charge on any atom is 0.240 e. The van der Waals surface area contributed by atoms with Gasteiger partial charge in [-0.25, -0.2) is 13.1 Å². The molecule has 112 valence electrons. The highest BCUT2D eigenvalue weighted by Gasteiger charge is 2.21. The van der Waals surface area contributed by atoms with Crippen molar-refractivity contribution in [3.05, 3.63) is 29.8 Å². The molecule has 0 spiro atoms. The molecule has 1 aliphatic rings. The molecule has 0 aromatic heterocycles. The Morgan fingerprint density at radius 3 is 2.40 bits per heavy atom. The van der Waals surface area contributed by atoms with Gasteiger partial charge in [0.15, 0.2) is 0 Å². The molecular formula is C14H21NO4S. The van der Waals surface area contributed by atoms with E-state index in [1.807, 2.05) is 12.1 Å². The second kappa shape index (κ2) is 5.81. The SMILES string of the molecule is CC(C)(C)c1ccc(S(=O)(=O)NCC2COCO2)cc1. The van der Waals surface area contributed by atoms with E-state index in [9.17, 15) is 8.42 Å². The molecule has 0 saturated carbocycles. The van der Waals surface area contributed by atoms with Crippen molar-refractivity contribution in [1.29, 1.82) is 0 Å². The van der Waals surface area contributed by atoms with Crippen molar-refractivity contribution in [1.82, 2.24) is 4.72 Å². The van der Waals surface area contributed by atoms with Crippen LogP contribution < -0.4 is 4.72 Å². The Bertz CT molecular complexity index is 540. The highest BCUT2D eigenvalue weighted by atomic mass is 32.2. The van der Waals surface area contributed by atoms with Crippen molar-refractivity contribution in [3.8, 4) is 0 Å². The van der Waals surface area contributed by atoms with Crippen LogP contribution in [-0.2, 0) is 24.9 Å². The summed E-state index contributed by atoms with van der Waals surface area (Å²) < 4.78 is 37.1. The molecule has 0 aliphatic carbocycles. The average molecular weight is 299 g/mol. The number of hydrogen-bond acceptors (Lipinski definition) is 4. The van der Waals surface area contributed by atoms with Gasteiger partial charge in [0.05, 0.1) is 17.6 Å². The quantitative estimate of drug-likeness (QED) is 0.918. The highest BCUT2D eigenvalue weighted by Crippen LogP contribution is 2.23. The Morgan fingerprint density at radius 2 is 1.90 bits per heavy atom. The van der Waals surface area contributed by atoms with Crippen LogP contribution in [0.2, 0.25) is 0 Å². The Morgan fingerprint density at radius 1 is 1.25 bits per heavy atom. The minimum Gasteiger partial charge on any atom is -0.353 e. The first-order chi connectivity index (χ1) is 9.29. The molecule has 0 radical (unpaired) electrons. The number of sulfonamides is 1. The van der Waals surface area contributed by atoms with E-state index in [0.29, 0.717) is 6.61 Å². The number of hydrogen-bond donors (Lipinski definition) is 1. The monoisotopic (exact) mass is 299 g/mol. The zero-order valence-corrected chi connectivity index (χ0v) is 12.9. The zero-order valence-electron chi connectivity index (χ0n) is 12.0. The van der Waals surface area contributed by atoms with Crippen molar-refractivity contribution in [2.24, 2.45) is 0 Å². The van der Waals surface area contributed by atoms with Crippen LogP contribution in [0.4, 0.5) is 0 Å². The van der Waals surface area contributed by atoms with Gasteiger partial charge in [-0.05, 0) is 23.1 Å². The number of ether oxygens (including phenoxy) is 2. The highest BCUT2D eigenvalue weighted by molar-refractivity contribution is 7.89. The summed E-state index contributed by atoms with van der Waals surface area (Å²) in [6.45, 7) is 7.14. The van der Waals surface area contributed by atoms with Crippen LogP contribution in [-0.4, -0.2) is 34.5 Å². The lowest BCUT2D eigenvalue weighted by molar-refractivity contribution is 0.0482. The summed E-state index contributed by atoms with van der Waals surface area (Å²) in [5, 5.41) is 0. The van der Waals surface area contributed by atoms with Crippen LogP contribution in [0, 0.1) is 0 Å². The summed E-state index contributed by atoms with van der Waals surface area (Å²) in [4.78, 5) is 0.268. The lowest BCUT2D eigenvalue weighted by Gasteiger charge is -2.19. The molecule has 0 amide bonds. The molecule has 1 atom stereocenters. The lowest BCUT2D eigenvalue weighted by Crippen LogP contribution is -2.33. The van der Waals surface area contributed by atoms with Crippen LogP contribution in [0.3, 0.4) is 0 Å². The van der Waals surface area contributed by atoms with E-state index < -0.39 is 10.0 Å². The van der Waals surface area contributed by atoms with Crippen molar-refractivity contribution in [2.75, 3.05) is 19.9 Å². The van der Waals surface area contributed by atoms with Gasteiger partial charge in [0, 0.05) is 6.54 Å². The molecule has 5 nitrogen and oxygen atoms in total. The van der Waals surface area contributed by atoms with Gasteiger partial charge in [0.2, 0.25) is 10.0 Å². The minimum atomic E-state index is -3.50. The summed E-state index contributed by atoms with van der Waals surface area (Å²) in [7, 11) is -3.50. The number of rotatable bonds is 4. The minimum absolute atomic E-state index is 0.00471. The Balaban J connectivity index is 2.05. The van der Waals surface area contributed by atoms with Gasteiger partial charge in [-0.2, -0.15) is 0 Å². The van der Waals surface area contributed by atoms with E-state index in [0.717, 1.165) is 5.56 Å². The summed E-state index contributed by atoms with van der Waals surface area (Å²) in [5.41, 5.74) is 1.11. The van der Waals surface area contributed by atoms with Crippen molar-refractivity contribution >= 4 is 10.0 Å². The zero-order chi connectivity index (χ0) is 14.8. The van der Waals surface area contributed by atoms with E-state index in [1.165, 1.54) is 0 Å². The molecule has 1 fully saturated rings. The molecule has 1 saturated heterocycles. The smallest absolute Gasteiger partial charge is 0.240 e. The van der Waals surface area contributed by atoms with Gasteiger partial charge in [0.1, 0.15) is 6.79 Å². The Labute approximate surface area is 120 Å². The molecule has 1 heterocycles. The van der Waals surface area contributed by atoms with Crippen LogP contribution >= 0.6 is 0 Å². The van der Waals surface area contributed by atoms with Crippen molar-refractivity contribution < 1.29 is 17.9 Å². The van der Waals surface area contributed by atoms with E-state index >= 15 is 0 Å².